The summed E-state index contributed by atoms with van der Waals surface area (Å²) in [5.74, 6) is 5.01. The Morgan fingerprint density at radius 2 is 1.02 bits per heavy atom. The molecule has 0 aliphatic carbocycles. The molecule has 4 aromatic rings. The topological polar surface area (TPSA) is 125 Å². The molecule has 6 rings (SSSR count). The highest BCUT2D eigenvalue weighted by Crippen LogP contribution is 2.22. The van der Waals surface area contributed by atoms with E-state index < -0.39 is 12.1 Å². The lowest BCUT2D eigenvalue weighted by Crippen LogP contribution is -2.42. The minimum Gasteiger partial charge on any atom is -0.327 e. The largest absolute Gasteiger partial charge is 0.327 e. The van der Waals surface area contributed by atoms with Crippen LogP contribution in [0.4, 0.5) is 11.4 Å². The molecule has 0 bridgehead atoms. The van der Waals surface area contributed by atoms with Crippen molar-refractivity contribution in [3.8, 4) is 11.8 Å². The van der Waals surface area contributed by atoms with Gasteiger partial charge in [0, 0.05) is 25.2 Å². The molecule has 10 heteroatoms. The molecule has 0 radical (unpaired) electrons. The van der Waals surface area contributed by atoms with Crippen molar-refractivity contribution in [2.24, 2.45) is 0 Å². The molecule has 0 spiro atoms. The van der Waals surface area contributed by atoms with Gasteiger partial charge in [-0.05, 0) is 85.1 Å². The summed E-state index contributed by atoms with van der Waals surface area (Å²) >= 11 is 0. The molecule has 0 unspecified atom stereocenters. The van der Waals surface area contributed by atoms with Crippen LogP contribution in [0.5, 0.6) is 0 Å². The molecule has 2 aromatic carbocycles. The quantitative estimate of drug-likeness (QED) is 0.198. The summed E-state index contributed by atoms with van der Waals surface area (Å²) in [6, 6.07) is 24.8. The van der Waals surface area contributed by atoms with E-state index in [0.717, 1.165) is 24.0 Å². The maximum atomic E-state index is 13.1. The van der Waals surface area contributed by atoms with Gasteiger partial charge in [-0.2, -0.15) is 0 Å². The van der Waals surface area contributed by atoms with Crippen LogP contribution >= 0.6 is 0 Å². The number of carbonyl (C=O) groups excluding carboxylic acids is 4. The van der Waals surface area contributed by atoms with Crippen molar-refractivity contribution in [1.29, 1.82) is 0 Å². The zero-order valence-electron chi connectivity index (χ0n) is 27.4. The number of carbonyl (C=O) groups is 4. The van der Waals surface area contributed by atoms with Crippen molar-refractivity contribution in [2.45, 2.75) is 37.8 Å². The molecule has 50 heavy (non-hydrogen) atoms. The molecule has 2 aliphatic heterocycles. The maximum absolute atomic E-state index is 13.1. The zero-order valence-corrected chi connectivity index (χ0v) is 27.4. The van der Waals surface area contributed by atoms with E-state index in [0.29, 0.717) is 48.7 Å². The highest BCUT2D eigenvalue weighted by atomic mass is 16.2. The van der Waals surface area contributed by atoms with E-state index in [1.54, 1.807) is 46.2 Å². The number of nitrogens with one attached hydrogen (secondary N) is 2. The number of pyridine rings is 2. The van der Waals surface area contributed by atoms with Gasteiger partial charge in [0.2, 0.25) is 23.6 Å². The summed E-state index contributed by atoms with van der Waals surface area (Å²) in [4.78, 5) is 63.6. The van der Waals surface area contributed by atoms with Crippen molar-refractivity contribution in [3.63, 3.8) is 0 Å². The summed E-state index contributed by atoms with van der Waals surface area (Å²) in [5.41, 5.74) is 3.82. The Labute approximate surface area is 290 Å². The van der Waals surface area contributed by atoms with Crippen molar-refractivity contribution in [2.75, 3.05) is 23.7 Å². The third-order valence-electron chi connectivity index (χ3n) is 8.49. The van der Waals surface area contributed by atoms with Gasteiger partial charge in [0.1, 0.15) is 23.5 Å². The van der Waals surface area contributed by atoms with Gasteiger partial charge in [-0.25, -0.2) is 9.97 Å². The van der Waals surface area contributed by atoms with E-state index in [-0.39, 0.29) is 23.6 Å². The molecule has 10 nitrogen and oxygen atoms in total. The highest BCUT2D eigenvalue weighted by Gasteiger charge is 2.34. The van der Waals surface area contributed by atoms with Crippen molar-refractivity contribution >= 4 is 47.2 Å². The van der Waals surface area contributed by atoms with Gasteiger partial charge in [-0.3, -0.25) is 19.2 Å². The Morgan fingerprint density at radius 1 is 0.600 bits per heavy atom. The van der Waals surface area contributed by atoms with Gasteiger partial charge >= 0.3 is 0 Å². The average molecular weight is 665 g/mol. The van der Waals surface area contributed by atoms with Crippen LogP contribution in [0.3, 0.4) is 0 Å². The Bertz CT molecular complexity index is 1810. The Hall–Kier alpha value is -6.34. The number of rotatable bonds is 8. The predicted molar refractivity (Wildman–Crippen MR) is 192 cm³/mol. The van der Waals surface area contributed by atoms with E-state index in [1.807, 2.05) is 60.7 Å². The summed E-state index contributed by atoms with van der Waals surface area (Å²) in [5, 5.41) is 5.74. The van der Waals surface area contributed by atoms with Crippen LogP contribution in [0.1, 0.15) is 48.2 Å². The first kappa shape index (κ1) is 33.6. The second-order valence-electron chi connectivity index (χ2n) is 12.0. The standard InChI is InChI=1S/C40H36N6O4/c47-37(23-15-29-9-3-1-4-10-29)45-25-7-13-35(45)39(49)43-33-21-19-31(41-27-33)17-18-32-20-22-34(28-42-32)44-40(50)36-14-8-26-46(36)38(48)24-16-30-11-5-2-6-12-30/h1-6,9-12,15-16,19-24,27-28,35-36H,7-8,13-14,25-26H2,(H,43,49)(H,44,50)/t35-,36-/m0/s1. The second kappa shape index (κ2) is 16.2. The van der Waals surface area contributed by atoms with E-state index in [2.05, 4.69) is 32.4 Å². The number of nitrogens with zero attached hydrogens (tertiary/aromatic N) is 4. The molecule has 4 heterocycles. The second-order valence-corrected chi connectivity index (χ2v) is 12.0. The number of aromatic nitrogens is 2. The van der Waals surface area contributed by atoms with Crippen LogP contribution < -0.4 is 10.6 Å². The fraction of sp³-hybridized carbons (Fsp3) is 0.200. The number of benzene rings is 2. The van der Waals surface area contributed by atoms with Crippen molar-refractivity contribution in [1.82, 2.24) is 19.8 Å². The summed E-state index contributed by atoms with van der Waals surface area (Å²) in [7, 11) is 0. The summed E-state index contributed by atoms with van der Waals surface area (Å²) in [6.45, 7) is 1.05. The smallest absolute Gasteiger partial charge is 0.247 e. The minimum atomic E-state index is -0.553. The molecular formula is C40H36N6O4. The van der Waals surface area contributed by atoms with Crippen molar-refractivity contribution < 1.29 is 19.2 Å². The first-order valence-electron chi connectivity index (χ1n) is 16.6. The lowest BCUT2D eigenvalue weighted by molar-refractivity contribution is -0.132. The van der Waals surface area contributed by atoms with Gasteiger partial charge in [0.15, 0.2) is 0 Å². The van der Waals surface area contributed by atoms with Gasteiger partial charge in [-0.15, -0.1) is 0 Å². The van der Waals surface area contributed by atoms with Crippen LogP contribution in [-0.4, -0.2) is 68.6 Å². The molecule has 2 aliphatic rings. The van der Waals surface area contributed by atoms with Gasteiger partial charge in [0.05, 0.1) is 23.8 Å². The van der Waals surface area contributed by atoms with Crippen LogP contribution in [0.2, 0.25) is 0 Å². The molecule has 2 fully saturated rings. The van der Waals surface area contributed by atoms with Crippen LogP contribution in [0.15, 0.2) is 109 Å². The fourth-order valence-corrected chi connectivity index (χ4v) is 5.92. The molecule has 2 atom stereocenters. The number of amides is 4. The van der Waals surface area contributed by atoms with Crippen LogP contribution in [-0.2, 0) is 19.2 Å². The molecule has 0 saturated carbocycles. The third-order valence-corrected chi connectivity index (χ3v) is 8.49. The molecule has 250 valence electrons. The zero-order chi connectivity index (χ0) is 34.7. The minimum absolute atomic E-state index is 0.195. The summed E-state index contributed by atoms with van der Waals surface area (Å²) < 4.78 is 0. The van der Waals surface area contributed by atoms with E-state index in [4.69, 9.17) is 0 Å². The van der Waals surface area contributed by atoms with E-state index >= 15 is 0 Å². The van der Waals surface area contributed by atoms with E-state index in [1.165, 1.54) is 24.5 Å². The molecule has 2 aromatic heterocycles. The van der Waals surface area contributed by atoms with Gasteiger partial charge in [-0.1, -0.05) is 60.7 Å². The molecule has 2 N–H and O–H groups in total. The molecule has 4 amide bonds. The number of anilines is 2. The Kier molecular flexibility index (Phi) is 10.9. The van der Waals surface area contributed by atoms with E-state index in [9.17, 15) is 19.2 Å². The highest BCUT2D eigenvalue weighted by molar-refractivity contribution is 6.01. The number of hydrogen-bond donors (Lipinski definition) is 2. The monoisotopic (exact) mass is 664 g/mol. The number of likely N-dealkylation sites (tertiary alicyclic amines) is 2. The average Bonchev–Trinajstić information content (AvgIpc) is 3.86. The summed E-state index contributed by atoms with van der Waals surface area (Å²) in [6.07, 6.45) is 12.3. The maximum Gasteiger partial charge on any atom is 0.247 e. The SMILES string of the molecule is O=C(Nc1ccc(C#Cc2ccc(NC(=O)[C@@H]3CCCN3C(=O)C=Cc3ccccc3)cn2)nc1)[C@@H]1CCCN1C(=O)C=Cc1ccccc1. The predicted octanol–water partition coefficient (Wildman–Crippen LogP) is 5.16. The third kappa shape index (κ3) is 8.76. The van der Waals surface area contributed by atoms with Crippen molar-refractivity contribution in [3.05, 3.63) is 132 Å². The Balaban J connectivity index is 0.993. The first-order valence-corrected chi connectivity index (χ1v) is 16.6. The normalized spacial score (nSPS) is 17.0. The fourth-order valence-electron chi connectivity index (χ4n) is 5.92. The molecular weight excluding hydrogens is 628 g/mol. The lowest BCUT2D eigenvalue weighted by Gasteiger charge is -2.22. The van der Waals surface area contributed by atoms with Crippen LogP contribution in [0.25, 0.3) is 12.2 Å². The van der Waals surface area contributed by atoms with Crippen LogP contribution in [0, 0.1) is 11.8 Å². The van der Waals surface area contributed by atoms with Gasteiger partial charge < -0.3 is 20.4 Å². The number of hydrogen-bond acceptors (Lipinski definition) is 6. The Morgan fingerprint density at radius 3 is 1.40 bits per heavy atom. The lowest BCUT2D eigenvalue weighted by atomic mass is 10.2. The first-order chi connectivity index (χ1) is 24.4. The van der Waals surface area contributed by atoms with Gasteiger partial charge in [0.25, 0.3) is 0 Å². The molecule has 2 saturated heterocycles.